The Bertz CT molecular complexity index is 719. The molecule has 0 spiro atoms. The Hall–Kier alpha value is -2.95. The molecule has 8 nitrogen and oxygen atoms in total. The number of nitro benzene ring substituents is 1. The van der Waals surface area contributed by atoms with Crippen LogP contribution in [0.1, 0.15) is 49.4 Å². The zero-order valence-corrected chi connectivity index (χ0v) is 13.9. The molecule has 1 aliphatic rings. The molecule has 1 amide bonds. The van der Waals surface area contributed by atoms with Crippen LogP contribution in [0, 0.1) is 21.4 Å². The summed E-state index contributed by atoms with van der Waals surface area (Å²) in [6.07, 6.45) is 2.77. The first-order valence-corrected chi connectivity index (χ1v) is 8.05. The SMILES string of the molecule is C[C@@H](OC(=O)c1cccc([N+](=O)[O-])c1)C(=O)NC1(C#N)CCCCC1. The first-order chi connectivity index (χ1) is 11.9. The average molecular weight is 345 g/mol. The van der Waals surface area contributed by atoms with Crippen LogP contribution in [0.2, 0.25) is 0 Å². The van der Waals surface area contributed by atoms with Crippen molar-refractivity contribution in [3.8, 4) is 6.07 Å². The van der Waals surface area contributed by atoms with Gasteiger partial charge in [-0.3, -0.25) is 14.9 Å². The molecule has 1 N–H and O–H groups in total. The van der Waals surface area contributed by atoms with E-state index in [9.17, 15) is 25.0 Å². The van der Waals surface area contributed by atoms with Crippen LogP contribution in [-0.2, 0) is 9.53 Å². The van der Waals surface area contributed by atoms with Gasteiger partial charge in [0.25, 0.3) is 11.6 Å². The number of nitriles is 1. The Morgan fingerprint density at radius 1 is 1.36 bits per heavy atom. The van der Waals surface area contributed by atoms with Crippen molar-refractivity contribution in [2.75, 3.05) is 0 Å². The van der Waals surface area contributed by atoms with E-state index in [4.69, 9.17) is 4.74 Å². The lowest BCUT2D eigenvalue weighted by Gasteiger charge is -2.32. The molecular formula is C17H19N3O5. The summed E-state index contributed by atoms with van der Waals surface area (Å²) in [7, 11) is 0. The Morgan fingerprint density at radius 2 is 2.04 bits per heavy atom. The zero-order chi connectivity index (χ0) is 18.4. The summed E-state index contributed by atoms with van der Waals surface area (Å²) >= 11 is 0. The fraction of sp³-hybridized carbons (Fsp3) is 0.471. The van der Waals surface area contributed by atoms with Gasteiger partial charge in [0.2, 0.25) is 0 Å². The minimum absolute atomic E-state index is 0.0125. The number of esters is 1. The number of benzene rings is 1. The minimum Gasteiger partial charge on any atom is -0.449 e. The summed E-state index contributed by atoms with van der Waals surface area (Å²) < 4.78 is 5.08. The highest BCUT2D eigenvalue weighted by atomic mass is 16.6. The molecule has 1 saturated carbocycles. The quantitative estimate of drug-likeness (QED) is 0.497. The summed E-state index contributed by atoms with van der Waals surface area (Å²) in [4.78, 5) is 34.5. The number of carbonyl (C=O) groups is 2. The van der Waals surface area contributed by atoms with Crippen molar-refractivity contribution in [3.63, 3.8) is 0 Å². The van der Waals surface area contributed by atoms with Crippen molar-refractivity contribution in [3.05, 3.63) is 39.9 Å². The van der Waals surface area contributed by atoms with Gasteiger partial charge >= 0.3 is 5.97 Å². The van der Waals surface area contributed by atoms with Gasteiger partial charge < -0.3 is 10.1 Å². The lowest BCUT2D eigenvalue weighted by Crippen LogP contribution is -2.52. The van der Waals surface area contributed by atoms with Gasteiger partial charge in [0.05, 0.1) is 16.6 Å². The van der Waals surface area contributed by atoms with Crippen LogP contribution in [0.25, 0.3) is 0 Å². The highest BCUT2D eigenvalue weighted by Gasteiger charge is 2.35. The number of nitro groups is 1. The fourth-order valence-electron chi connectivity index (χ4n) is 2.79. The second-order valence-electron chi connectivity index (χ2n) is 6.10. The highest BCUT2D eigenvalue weighted by molar-refractivity contribution is 5.92. The molecule has 132 valence electrons. The molecule has 8 heteroatoms. The number of ether oxygens (including phenoxy) is 1. The average Bonchev–Trinajstić information content (AvgIpc) is 2.62. The lowest BCUT2D eigenvalue weighted by atomic mass is 9.83. The molecule has 0 heterocycles. The Kier molecular flexibility index (Phi) is 5.70. The summed E-state index contributed by atoms with van der Waals surface area (Å²) in [6.45, 7) is 1.40. The molecule has 2 rings (SSSR count). The maximum Gasteiger partial charge on any atom is 0.339 e. The van der Waals surface area contributed by atoms with Crippen LogP contribution in [0.15, 0.2) is 24.3 Å². The van der Waals surface area contributed by atoms with Crippen molar-refractivity contribution >= 4 is 17.6 Å². The number of nitrogens with one attached hydrogen (secondary N) is 1. The topological polar surface area (TPSA) is 122 Å². The molecule has 1 atom stereocenters. The number of non-ortho nitro benzene ring substituents is 1. The summed E-state index contributed by atoms with van der Waals surface area (Å²) in [6, 6.07) is 7.25. The third-order valence-electron chi connectivity index (χ3n) is 4.23. The van der Waals surface area contributed by atoms with Crippen molar-refractivity contribution in [2.45, 2.75) is 50.7 Å². The Morgan fingerprint density at radius 3 is 2.64 bits per heavy atom. The molecule has 25 heavy (non-hydrogen) atoms. The maximum atomic E-state index is 12.3. The third-order valence-corrected chi connectivity index (χ3v) is 4.23. The molecule has 1 aliphatic carbocycles. The number of hydrogen-bond acceptors (Lipinski definition) is 6. The van der Waals surface area contributed by atoms with Crippen LogP contribution in [0.3, 0.4) is 0 Å². The van der Waals surface area contributed by atoms with E-state index in [1.165, 1.54) is 25.1 Å². The second kappa shape index (κ2) is 7.75. The van der Waals surface area contributed by atoms with Gasteiger partial charge in [0.15, 0.2) is 6.10 Å². The first-order valence-electron chi connectivity index (χ1n) is 8.05. The monoisotopic (exact) mass is 345 g/mol. The normalized spacial score (nSPS) is 17.0. The van der Waals surface area contributed by atoms with E-state index in [0.717, 1.165) is 25.3 Å². The van der Waals surface area contributed by atoms with Gasteiger partial charge in [0.1, 0.15) is 5.54 Å². The van der Waals surface area contributed by atoms with Gasteiger partial charge in [-0.05, 0) is 25.8 Å². The third kappa shape index (κ3) is 4.53. The molecule has 1 aromatic carbocycles. The van der Waals surface area contributed by atoms with E-state index in [2.05, 4.69) is 11.4 Å². The number of amides is 1. The smallest absolute Gasteiger partial charge is 0.339 e. The molecular weight excluding hydrogens is 326 g/mol. The molecule has 1 fully saturated rings. The van der Waals surface area contributed by atoms with Gasteiger partial charge in [-0.15, -0.1) is 0 Å². The predicted octanol–water partition coefficient (Wildman–Crippen LogP) is 2.48. The number of nitrogens with zero attached hydrogens (tertiary/aromatic N) is 2. The molecule has 0 saturated heterocycles. The van der Waals surface area contributed by atoms with Crippen molar-refractivity contribution in [2.24, 2.45) is 0 Å². The van der Waals surface area contributed by atoms with Crippen LogP contribution in [0.5, 0.6) is 0 Å². The largest absolute Gasteiger partial charge is 0.449 e. The molecule has 1 aromatic rings. The number of rotatable bonds is 5. The Balaban J connectivity index is 2.01. The van der Waals surface area contributed by atoms with Gasteiger partial charge in [0, 0.05) is 12.1 Å². The van der Waals surface area contributed by atoms with E-state index < -0.39 is 28.4 Å². The highest BCUT2D eigenvalue weighted by Crippen LogP contribution is 2.27. The van der Waals surface area contributed by atoms with E-state index >= 15 is 0 Å². The van der Waals surface area contributed by atoms with Crippen molar-refractivity contribution in [1.82, 2.24) is 5.32 Å². The van der Waals surface area contributed by atoms with Crippen molar-refractivity contribution in [1.29, 1.82) is 5.26 Å². The molecule has 0 aliphatic heterocycles. The minimum atomic E-state index is -1.11. The molecule has 0 bridgehead atoms. The summed E-state index contributed by atoms with van der Waals surface area (Å²) in [5.74, 6) is -1.39. The van der Waals surface area contributed by atoms with Crippen LogP contribution < -0.4 is 5.32 Å². The van der Waals surface area contributed by atoms with Gasteiger partial charge in [-0.25, -0.2) is 4.79 Å². The van der Waals surface area contributed by atoms with E-state index in [1.807, 2.05) is 0 Å². The van der Waals surface area contributed by atoms with Crippen LogP contribution >= 0.6 is 0 Å². The predicted molar refractivity (Wildman–Crippen MR) is 87.5 cm³/mol. The van der Waals surface area contributed by atoms with E-state index in [0.29, 0.717) is 12.8 Å². The first kappa shape index (κ1) is 18.4. The molecule has 0 radical (unpaired) electrons. The zero-order valence-electron chi connectivity index (χ0n) is 13.9. The summed E-state index contributed by atoms with van der Waals surface area (Å²) in [5.41, 5.74) is -1.17. The van der Waals surface area contributed by atoms with Crippen LogP contribution in [0.4, 0.5) is 5.69 Å². The van der Waals surface area contributed by atoms with Gasteiger partial charge in [-0.2, -0.15) is 5.26 Å². The summed E-state index contributed by atoms with van der Waals surface area (Å²) in [5, 5.41) is 22.8. The number of hydrogen-bond donors (Lipinski definition) is 1. The number of carbonyl (C=O) groups excluding carboxylic acids is 2. The molecule has 0 unspecified atom stereocenters. The molecule has 0 aromatic heterocycles. The maximum absolute atomic E-state index is 12.3. The van der Waals surface area contributed by atoms with E-state index in [-0.39, 0.29) is 11.3 Å². The standard InChI is InChI=1S/C17H19N3O5/c1-12(15(21)19-17(11-18)8-3-2-4-9-17)25-16(22)13-6-5-7-14(10-13)20(23)24/h5-7,10,12H,2-4,8-9H2,1H3,(H,19,21)/t12-/m1/s1. The Labute approximate surface area is 144 Å². The fourth-order valence-corrected chi connectivity index (χ4v) is 2.79. The van der Waals surface area contributed by atoms with Crippen LogP contribution in [-0.4, -0.2) is 28.4 Å². The van der Waals surface area contributed by atoms with E-state index in [1.54, 1.807) is 0 Å². The second-order valence-corrected chi connectivity index (χ2v) is 6.10. The lowest BCUT2D eigenvalue weighted by molar-refractivity contribution is -0.384. The van der Waals surface area contributed by atoms with Crippen molar-refractivity contribution < 1.29 is 19.2 Å². The van der Waals surface area contributed by atoms with Gasteiger partial charge in [-0.1, -0.05) is 25.3 Å².